The van der Waals surface area contributed by atoms with Gasteiger partial charge in [0.25, 0.3) is 5.69 Å². The summed E-state index contributed by atoms with van der Waals surface area (Å²) in [6.07, 6.45) is 1.14. The fourth-order valence-electron chi connectivity index (χ4n) is 3.17. The summed E-state index contributed by atoms with van der Waals surface area (Å²) in [7, 11) is 2.18. The van der Waals surface area contributed by atoms with E-state index in [0.29, 0.717) is 5.56 Å². The summed E-state index contributed by atoms with van der Waals surface area (Å²) in [6, 6.07) is 11.0. The van der Waals surface area contributed by atoms with Crippen molar-refractivity contribution in [2.75, 3.05) is 46.3 Å². The van der Waals surface area contributed by atoms with Gasteiger partial charge < -0.3 is 15.1 Å². The third kappa shape index (κ3) is 5.11. The molecule has 1 aliphatic heterocycles. The van der Waals surface area contributed by atoms with Crippen LogP contribution in [0, 0.1) is 10.1 Å². The number of benzene rings is 1. The molecule has 0 radical (unpaired) electrons. The van der Waals surface area contributed by atoms with Gasteiger partial charge >= 0.3 is 0 Å². The molecule has 1 N–H and O–H groups in total. The topological polar surface area (TPSA) is 61.6 Å². The second kappa shape index (κ2) is 9.23. The summed E-state index contributed by atoms with van der Waals surface area (Å²) in [6.45, 7) is 7.61. The molecular formula is C19H26N4O2S. The Labute approximate surface area is 158 Å². The molecule has 2 aromatic rings. The van der Waals surface area contributed by atoms with Gasteiger partial charge in [0.2, 0.25) is 0 Å². The zero-order valence-corrected chi connectivity index (χ0v) is 16.0. The summed E-state index contributed by atoms with van der Waals surface area (Å²) >= 11 is 1.62. The van der Waals surface area contributed by atoms with E-state index in [1.54, 1.807) is 23.5 Å². The molecular weight excluding hydrogens is 348 g/mol. The average Bonchev–Trinajstić information content (AvgIpc) is 3.12. The van der Waals surface area contributed by atoms with Crippen molar-refractivity contribution in [1.82, 2.24) is 15.1 Å². The number of nitro groups is 1. The fourth-order valence-corrected chi connectivity index (χ4v) is 4.18. The molecule has 1 saturated heterocycles. The van der Waals surface area contributed by atoms with E-state index in [2.05, 4.69) is 28.2 Å². The summed E-state index contributed by atoms with van der Waals surface area (Å²) in [4.78, 5) is 17.9. The van der Waals surface area contributed by atoms with Crippen molar-refractivity contribution in [2.24, 2.45) is 0 Å². The van der Waals surface area contributed by atoms with E-state index in [0.717, 1.165) is 44.0 Å². The number of hydrogen-bond acceptors (Lipinski definition) is 6. The van der Waals surface area contributed by atoms with Crippen LogP contribution in [0.15, 0.2) is 36.4 Å². The highest BCUT2D eigenvalue weighted by molar-refractivity contribution is 7.15. The standard InChI is InChI=1S/C19H26N4O2S/c1-21-11-13-22(14-12-21)10-4-9-20-15-16-7-8-19(26-16)17-5-2-3-6-18(17)23(24)25/h2-3,5-8,20H,4,9-15H2,1H3. The third-order valence-electron chi connectivity index (χ3n) is 4.75. The van der Waals surface area contributed by atoms with Crippen molar-refractivity contribution in [3.8, 4) is 10.4 Å². The average molecular weight is 375 g/mol. The van der Waals surface area contributed by atoms with Crippen molar-refractivity contribution in [3.05, 3.63) is 51.4 Å². The van der Waals surface area contributed by atoms with Gasteiger partial charge in [-0.15, -0.1) is 11.3 Å². The first kappa shape index (κ1) is 19.0. The first-order valence-corrected chi connectivity index (χ1v) is 9.89. The van der Waals surface area contributed by atoms with Gasteiger partial charge in [-0.05, 0) is 44.8 Å². The molecule has 1 fully saturated rings. The van der Waals surface area contributed by atoms with E-state index in [-0.39, 0.29) is 10.6 Å². The van der Waals surface area contributed by atoms with Crippen LogP contribution in [-0.4, -0.2) is 61.0 Å². The van der Waals surface area contributed by atoms with Crippen LogP contribution in [0.5, 0.6) is 0 Å². The smallest absolute Gasteiger partial charge is 0.278 e. The first-order chi connectivity index (χ1) is 12.6. The molecule has 0 atom stereocenters. The Morgan fingerprint density at radius 2 is 1.92 bits per heavy atom. The lowest BCUT2D eigenvalue weighted by Crippen LogP contribution is -2.45. The molecule has 1 aliphatic rings. The molecule has 0 unspecified atom stereocenters. The molecule has 0 bridgehead atoms. The van der Waals surface area contributed by atoms with Crippen molar-refractivity contribution in [2.45, 2.75) is 13.0 Å². The Kier molecular flexibility index (Phi) is 6.73. The number of nitro benzene ring substituents is 1. The monoisotopic (exact) mass is 374 g/mol. The summed E-state index contributed by atoms with van der Waals surface area (Å²) < 4.78 is 0. The van der Waals surface area contributed by atoms with Gasteiger partial charge in [-0.2, -0.15) is 0 Å². The van der Waals surface area contributed by atoms with Crippen molar-refractivity contribution >= 4 is 17.0 Å². The molecule has 1 aromatic heterocycles. The lowest BCUT2D eigenvalue weighted by molar-refractivity contribution is -0.384. The molecule has 1 aromatic carbocycles. The van der Waals surface area contributed by atoms with Crippen LogP contribution in [0.2, 0.25) is 0 Å². The van der Waals surface area contributed by atoms with Gasteiger partial charge in [0, 0.05) is 48.5 Å². The van der Waals surface area contributed by atoms with Gasteiger partial charge in [0.05, 0.1) is 10.5 Å². The van der Waals surface area contributed by atoms with Crippen LogP contribution in [0.25, 0.3) is 10.4 Å². The Morgan fingerprint density at radius 1 is 1.15 bits per heavy atom. The molecule has 3 rings (SSSR count). The predicted molar refractivity (Wildman–Crippen MR) is 107 cm³/mol. The zero-order chi connectivity index (χ0) is 18.4. The second-order valence-electron chi connectivity index (χ2n) is 6.72. The van der Waals surface area contributed by atoms with Crippen LogP contribution < -0.4 is 5.32 Å². The van der Waals surface area contributed by atoms with Gasteiger partial charge in [0.15, 0.2) is 0 Å². The molecule has 26 heavy (non-hydrogen) atoms. The number of thiophene rings is 1. The Balaban J connectivity index is 1.44. The van der Waals surface area contributed by atoms with E-state index in [9.17, 15) is 10.1 Å². The summed E-state index contributed by atoms with van der Waals surface area (Å²) in [5.74, 6) is 0. The highest BCUT2D eigenvalue weighted by Gasteiger charge is 2.16. The number of likely N-dealkylation sites (N-methyl/N-ethyl adjacent to an activating group) is 1. The molecule has 6 nitrogen and oxygen atoms in total. The maximum absolute atomic E-state index is 11.2. The maximum Gasteiger partial charge on any atom is 0.278 e. The number of piperazine rings is 1. The van der Waals surface area contributed by atoms with Gasteiger partial charge in [-0.25, -0.2) is 0 Å². The maximum atomic E-state index is 11.2. The van der Waals surface area contributed by atoms with E-state index in [1.165, 1.54) is 18.0 Å². The van der Waals surface area contributed by atoms with Crippen molar-refractivity contribution < 1.29 is 4.92 Å². The van der Waals surface area contributed by atoms with Gasteiger partial charge in [-0.1, -0.05) is 12.1 Å². The van der Waals surface area contributed by atoms with Crippen molar-refractivity contribution in [1.29, 1.82) is 0 Å². The number of para-hydroxylation sites is 1. The summed E-state index contributed by atoms with van der Waals surface area (Å²) in [5.41, 5.74) is 0.866. The van der Waals surface area contributed by atoms with Crippen LogP contribution in [0.4, 0.5) is 5.69 Å². The highest BCUT2D eigenvalue weighted by Crippen LogP contribution is 2.34. The van der Waals surface area contributed by atoms with Crippen LogP contribution in [0.1, 0.15) is 11.3 Å². The first-order valence-electron chi connectivity index (χ1n) is 9.07. The zero-order valence-electron chi connectivity index (χ0n) is 15.2. The normalized spacial score (nSPS) is 16.0. The summed E-state index contributed by atoms with van der Waals surface area (Å²) in [5, 5.41) is 14.7. The Morgan fingerprint density at radius 3 is 2.69 bits per heavy atom. The fraction of sp³-hybridized carbons (Fsp3) is 0.474. The number of nitrogens with one attached hydrogen (secondary N) is 1. The van der Waals surface area contributed by atoms with Gasteiger partial charge in [-0.3, -0.25) is 10.1 Å². The minimum absolute atomic E-state index is 0.168. The highest BCUT2D eigenvalue weighted by atomic mass is 32.1. The lowest BCUT2D eigenvalue weighted by Gasteiger charge is -2.32. The lowest BCUT2D eigenvalue weighted by atomic mass is 10.1. The van der Waals surface area contributed by atoms with E-state index in [4.69, 9.17) is 0 Å². The number of nitrogens with zero attached hydrogens (tertiary/aromatic N) is 3. The molecule has 0 saturated carbocycles. The Bertz CT molecular complexity index is 726. The SMILES string of the molecule is CN1CCN(CCCNCc2ccc(-c3ccccc3[N+](=O)[O-])s2)CC1. The van der Waals surface area contributed by atoms with E-state index in [1.807, 2.05) is 18.2 Å². The third-order valence-corrected chi connectivity index (χ3v) is 5.87. The Hall–Kier alpha value is -1.80. The van der Waals surface area contributed by atoms with Crippen LogP contribution in [-0.2, 0) is 6.54 Å². The number of rotatable bonds is 8. The number of hydrogen-bond donors (Lipinski definition) is 1. The minimum atomic E-state index is -0.314. The van der Waals surface area contributed by atoms with E-state index >= 15 is 0 Å². The van der Waals surface area contributed by atoms with E-state index < -0.39 is 0 Å². The van der Waals surface area contributed by atoms with Crippen molar-refractivity contribution in [3.63, 3.8) is 0 Å². The van der Waals surface area contributed by atoms with Crippen LogP contribution >= 0.6 is 11.3 Å². The molecule has 140 valence electrons. The molecule has 0 amide bonds. The largest absolute Gasteiger partial charge is 0.312 e. The minimum Gasteiger partial charge on any atom is -0.312 e. The second-order valence-corrected chi connectivity index (χ2v) is 7.88. The molecule has 0 aliphatic carbocycles. The molecule has 0 spiro atoms. The predicted octanol–water partition coefficient (Wildman–Crippen LogP) is 3.05. The molecule has 7 heteroatoms. The van der Waals surface area contributed by atoms with Gasteiger partial charge in [0.1, 0.15) is 0 Å². The molecule has 2 heterocycles. The quantitative estimate of drug-likeness (QED) is 0.437. The van der Waals surface area contributed by atoms with Crippen LogP contribution in [0.3, 0.4) is 0 Å².